The summed E-state index contributed by atoms with van der Waals surface area (Å²) in [7, 11) is 0. The topological polar surface area (TPSA) is 24.9 Å². The Morgan fingerprint density at radius 1 is 1.47 bits per heavy atom. The second kappa shape index (κ2) is 4.97. The van der Waals surface area contributed by atoms with Crippen LogP contribution in [0.25, 0.3) is 0 Å². The Morgan fingerprint density at radius 2 is 2.24 bits per heavy atom. The summed E-state index contributed by atoms with van der Waals surface area (Å²) in [4.78, 5) is 4.46. The van der Waals surface area contributed by atoms with E-state index in [1.165, 1.54) is 31.2 Å². The number of rotatable bonds is 2. The summed E-state index contributed by atoms with van der Waals surface area (Å²) in [6.45, 7) is 6.78. The molecule has 2 rings (SSSR count). The Hall–Kier alpha value is -0.570. The number of pyridine rings is 1. The van der Waals surface area contributed by atoms with Crippen molar-refractivity contribution in [3.63, 3.8) is 0 Å². The van der Waals surface area contributed by atoms with Crippen molar-refractivity contribution in [2.24, 2.45) is 5.41 Å². The van der Waals surface area contributed by atoms with Gasteiger partial charge in [-0.15, -0.1) is 0 Å². The van der Waals surface area contributed by atoms with Gasteiger partial charge in [-0.25, -0.2) is 4.98 Å². The molecule has 1 aliphatic carbocycles. The number of halogens is 1. The van der Waals surface area contributed by atoms with Gasteiger partial charge in [-0.3, -0.25) is 0 Å². The van der Waals surface area contributed by atoms with Gasteiger partial charge in [0.05, 0.1) is 4.47 Å². The Balaban J connectivity index is 2.05. The zero-order valence-electron chi connectivity index (χ0n) is 10.9. The van der Waals surface area contributed by atoms with E-state index < -0.39 is 0 Å². The minimum Gasteiger partial charge on any atom is -0.366 e. The quantitative estimate of drug-likeness (QED) is 0.867. The Kier molecular flexibility index (Phi) is 3.76. The van der Waals surface area contributed by atoms with E-state index in [1.54, 1.807) is 0 Å². The van der Waals surface area contributed by atoms with Gasteiger partial charge in [-0.1, -0.05) is 20.3 Å². The van der Waals surface area contributed by atoms with Crippen molar-refractivity contribution < 1.29 is 0 Å². The molecule has 0 spiro atoms. The molecular formula is C14H21BrN2. The Labute approximate surface area is 112 Å². The summed E-state index contributed by atoms with van der Waals surface area (Å²) in [5, 5.41) is 3.57. The first-order valence-electron chi connectivity index (χ1n) is 6.35. The molecule has 0 saturated heterocycles. The molecule has 1 fully saturated rings. The lowest BCUT2D eigenvalue weighted by Gasteiger charge is -2.35. The maximum atomic E-state index is 4.46. The van der Waals surface area contributed by atoms with Crippen LogP contribution in [0.3, 0.4) is 0 Å². The van der Waals surface area contributed by atoms with E-state index in [1.807, 2.05) is 6.20 Å². The number of aryl methyl sites for hydroxylation is 1. The summed E-state index contributed by atoms with van der Waals surface area (Å²) in [6.07, 6.45) is 7.06. The first-order chi connectivity index (χ1) is 7.96. The summed E-state index contributed by atoms with van der Waals surface area (Å²) in [5.41, 5.74) is 1.65. The molecule has 1 N–H and O–H groups in total. The van der Waals surface area contributed by atoms with Crippen molar-refractivity contribution in [1.29, 1.82) is 0 Å². The molecule has 1 unspecified atom stereocenters. The molecule has 0 amide bonds. The van der Waals surface area contributed by atoms with Gasteiger partial charge in [0.2, 0.25) is 0 Å². The minimum absolute atomic E-state index is 0.465. The molecule has 2 nitrogen and oxygen atoms in total. The van der Waals surface area contributed by atoms with E-state index in [2.05, 4.69) is 53.1 Å². The zero-order chi connectivity index (χ0) is 12.5. The molecule has 1 aromatic heterocycles. The molecule has 1 saturated carbocycles. The maximum Gasteiger partial charge on any atom is 0.140 e. The third-order valence-corrected chi connectivity index (χ3v) is 4.13. The van der Waals surface area contributed by atoms with E-state index in [0.29, 0.717) is 11.5 Å². The second-order valence-corrected chi connectivity index (χ2v) is 6.80. The van der Waals surface area contributed by atoms with E-state index in [0.717, 1.165) is 10.3 Å². The number of aromatic nitrogens is 1. The molecule has 1 aromatic rings. The predicted octanol–water partition coefficient (Wildman–Crippen LogP) is 4.53. The Morgan fingerprint density at radius 3 is 2.88 bits per heavy atom. The van der Waals surface area contributed by atoms with E-state index in [4.69, 9.17) is 0 Å². The summed E-state index contributed by atoms with van der Waals surface area (Å²) in [6, 6.07) is 2.67. The fourth-order valence-electron chi connectivity index (χ4n) is 2.65. The van der Waals surface area contributed by atoms with Crippen LogP contribution in [0.1, 0.15) is 45.1 Å². The molecule has 1 aliphatic rings. The first kappa shape index (κ1) is 12.9. The van der Waals surface area contributed by atoms with Gasteiger partial charge < -0.3 is 5.32 Å². The first-order valence-corrected chi connectivity index (χ1v) is 7.14. The third-order valence-electron chi connectivity index (χ3n) is 3.52. The van der Waals surface area contributed by atoms with Gasteiger partial charge in [0.15, 0.2) is 0 Å². The van der Waals surface area contributed by atoms with Gasteiger partial charge >= 0.3 is 0 Å². The predicted molar refractivity (Wildman–Crippen MR) is 76.3 cm³/mol. The summed E-state index contributed by atoms with van der Waals surface area (Å²) < 4.78 is 1.07. The van der Waals surface area contributed by atoms with Crippen molar-refractivity contribution >= 4 is 21.7 Å². The number of hydrogen-bond acceptors (Lipinski definition) is 2. The van der Waals surface area contributed by atoms with Crippen molar-refractivity contribution in [3.8, 4) is 0 Å². The molecule has 1 atom stereocenters. The fraction of sp³-hybridized carbons (Fsp3) is 0.643. The average molecular weight is 297 g/mol. The van der Waals surface area contributed by atoms with Gasteiger partial charge in [0.25, 0.3) is 0 Å². The zero-order valence-corrected chi connectivity index (χ0v) is 12.5. The fourth-order valence-corrected chi connectivity index (χ4v) is 3.23. The minimum atomic E-state index is 0.465. The van der Waals surface area contributed by atoms with Gasteiger partial charge in [-0.05, 0) is 59.2 Å². The van der Waals surface area contributed by atoms with E-state index in [-0.39, 0.29) is 0 Å². The second-order valence-electron chi connectivity index (χ2n) is 5.94. The highest BCUT2D eigenvalue weighted by Crippen LogP contribution is 2.36. The van der Waals surface area contributed by atoms with Crippen molar-refractivity contribution in [3.05, 3.63) is 22.3 Å². The van der Waals surface area contributed by atoms with Crippen molar-refractivity contribution in [1.82, 2.24) is 4.98 Å². The van der Waals surface area contributed by atoms with E-state index >= 15 is 0 Å². The van der Waals surface area contributed by atoms with Crippen molar-refractivity contribution in [2.45, 2.75) is 52.5 Å². The normalized spacial score (nSPS) is 23.4. The standard InChI is InChI=1S/C14H21BrN2/c1-10-7-12(15)13(16-9-10)17-11-5-4-6-14(2,3)8-11/h7,9,11H,4-6,8H2,1-3H3,(H,16,17). The average Bonchev–Trinajstić information content (AvgIpc) is 2.21. The lowest BCUT2D eigenvalue weighted by Crippen LogP contribution is -2.32. The van der Waals surface area contributed by atoms with Crippen LogP contribution in [0, 0.1) is 12.3 Å². The molecular weight excluding hydrogens is 276 g/mol. The maximum absolute atomic E-state index is 4.46. The van der Waals surface area contributed by atoms with Crippen LogP contribution in [0.4, 0.5) is 5.82 Å². The Bertz CT molecular complexity index is 401. The van der Waals surface area contributed by atoms with Crippen LogP contribution in [-0.4, -0.2) is 11.0 Å². The van der Waals surface area contributed by atoms with Crippen LogP contribution >= 0.6 is 15.9 Å². The summed E-state index contributed by atoms with van der Waals surface area (Å²) in [5.74, 6) is 0.985. The molecule has 3 heteroatoms. The lowest BCUT2D eigenvalue weighted by molar-refractivity contribution is 0.229. The van der Waals surface area contributed by atoms with Crippen LogP contribution in [0.2, 0.25) is 0 Å². The third kappa shape index (κ3) is 3.44. The van der Waals surface area contributed by atoms with Gasteiger partial charge in [-0.2, -0.15) is 0 Å². The lowest BCUT2D eigenvalue weighted by atomic mass is 9.75. The van der Waals surface area contributed by atoms with Gasteiger partial charge in [0, 0.05) is 12.2 Å². The van der Waals surface area contributed by atoms with Crippen LogP contribution in [0.5, 0.6) is 0 Å². The molecule has 0 radical (unpaired) electrons. The number of hydrogen-bond donors (Lipinski definition) is 1. The van der Waals surface area contributed by atoms with Crippen molar-refractivity contribution in [2.75, 3.05) is 5.32 Å². The molecule has 0 aliphatic heterocycles. The number of nitrogens with one attached hydrogen (secondary N) is 1. The molecule has 0 bridgehead atoms. The SMILES string of the molecule is Cc1cnc(NC2CCCC(C)(C)C2)c(Br)c1. The number of anilines is 1. The van der Waals surface area contributed by atoms with Crippen LogP contribution in [-0.2, 0) is 0 Å². The largest absolute Gasteiger partial charge is 0.366 e. The molecule has 17 heavy (non-hydrogen) atoms. The highest BCUT2D eigenvalue weighted by Gasteiger charge is 2.28. The summed E-state index contributed by atoms with van der Waals surface area (Å²) >= 11 is 3.58. The highest BCUT2D eigenvalue weighted by molar-refractivity contribution is 9.10. The monoisotopic (exact) mass is 296 g/mol. The molecule has 94 valence electrons. The highest BCUT2D eigenvalue weighted by atomic mass is 79.9. The van der Waals surface area contributed by atoms with Gasteiger partial charge in [0.1, 0.15) is 5.82 Å². The molecule has 0 aromatic carbocycles. The van der Waals surface area contributed by atoms with Crippen LogP contribution in [0.15, 0.2) is 16.7 Å². The number of nitrogens with zero attached hydrogens (tertiary/aromatic N) is 1. The smallest absolute Gasteiger partial charge is 0.140 e. The van der Waals surface area contributed by atoms with Crippen LogP contribution < -0.4 is 5.32 Å². The molecule has 1 heterocycles. The van der Waals surface area contributed by atoms with E-state index in [9.17, 15) is 0 Å².